The van der Waals surface area contributed by atoms with Crippen LogP contribution in [0.1, 0.15) is 50.0 Å². The van der Waals surface area contributed by atoms with Crippen LogP contribution in [0.5, 0.6) is 11.5 Å². The van der Waals surface area contributed by atoms with E-state index in [9.17, 15) is 19.2 Å². The zero-order chi connectivity index (χ0) is 28.0. The van der Waals surface area contributed by atoms with Crippen molar-refractivity contribution in [2.75, 3.05) is 20.8 Å². The number of amides is 2. The fourth-order valence-corrected chi connectivity index (χ4v) is 4.03. The molecule has 0 atom stereocenters. The predicted molar refractivity (Wildman–Crippen MR) is 146 cm³/mol. The zero-order valence-electron chi connectivity index (χ0n) is 22.8. The van der Waals surface area contributed by atoms with Crippen LogP contribution >= 0.6 is 0 Å². The molecule has 0 aliphatic heterocycles. The van der Waals surface area contributed by atoms with Gasteiger partial charge in [0, 0.05) is 24.2 Å². The van der Waals surface area contributed by atoms with Gasteiger partial charge in [0.2, 0.25) is 5.91 Å². The number of fused-ring (bicyclic) bond motifs is 1. The number of benzene rings is 2. The molecule has 0 saturated heterocycles. The molecule has 0 bridgehead atoms. The molecule has 3 aromatic rings. The SMILES string of the molecule is COc1cc2c(=O)n(Cc3ccc(C(=O)NC(C)C)cc3)c(=O)n(CC(=O)NCCC(C)C)c2cc1OC. The lowest BCUT2D eigenvalue weighted by atomic mass is 10.1. The number of methoxy groups -OCH3 is 2. The molecule has 10 heteroatoms. The molecule has 0 unspecified atom stereocenters. The Bertz CT molecular complexity index is 1420. The van der Waals surface area contributed by atoms with Crippen LogP contribution in [0, 0.1) is 5.92 Å². The number of hydrogen-bond donors (Lipinski definition) is 2. The molecule has 204 valence electrons. The maximum absolute atomic E-state index is 13.6. The molecule has 0 radical (unpaired) electrons. The summed E-state index contributed by atoms with van der Waals surface area (Å²) in [5.41, 5.74) is 0.242. The number of nitrogens with one attached hydrogen (secondary N) is 2. The molecule has 1 aromatic heterocycles. The molecule has 2 aromatic carbocycles. The van der Waals surface area contributed by atoms with Crippen LogP contribution in [0.15, 0.2) is 46.0 Å². The van der Waals surface area contributed by atoms with E-state index in [0.29, 0.717) is 35.1 Å². The number of aromatic nitrogens is 2. The van der Waals surface area contributed by atoms with E-state index in [0.717, 1.165) is 11.0 Å². The highest BCUT2D eigenvalue weighted by molar-refractivity contribution is 5.94. The monoisotopic (exact) mass is 524 g/mol. The average molecular weight is 525 g/mol. The minimum absolute atomic E-state index is 0.00462. The second-order valence-corrected chi connectivity index (χ2v) is 9.84. The van der Waals surface area contributed by atoms with Gasteiger partial charge in [0.1, 0.15) is 6.54 Å². The molecule has 3 rings (SSSR count). The second-order valence-electron chi connectivity index (χ2n) is 9.84. The standard InChI is InChI=1S/C28H36N4O6/c1-17(2)11-12-29-25(33)16-31-22-14-24(38-6)23(37-5)13-21(22)27(35)32(28(31)36)15-19-7-9-20(10-8-19)26(34)30-18(3)4/h7-10,13-14,17-18H,11-12,15-16H2,1-6H3,(H,29,33)(H,30,34). The van der Waals surface area contributed by atoms with E-state index in [1.165, 1.54) is 30.9 Å². The van der Waals surface area contributed by atoms with Gasteiger partial charge in [0.25, 0.3) is 11.5 Å². The van der Waals surface area contributed by atoms with E-state index in [1.807, 2.05) is 13.8 Å². The Kier molecular flexibility index (Phi) is 9.33. The Hall–Kier alpha value is -4.08. The van der Waals surface area contributed by atoms with Gasteiger partial charge in [-0.25, -0.2) is 4.79 Å². The summed E-state index contributed by atoms with van der Waals surface area (Å²) in [6.07, 6.45) is 0.803. The molecule has 10 nitrogen and oxygen atoms in total. The summed E-state index contributed by atoms with van der Waals surface area (Å²) in [5.74, 6) is 0.535. The molecule has 2 N–H and O–H groups in total. The predicted octanol–water partition coefficient (Wildman–Crippen LogP) is 2.53. The second kappa shape index (κ2) is 12.4. The molecular weight excluding hydrogens is 488 g/mol. The summed E-state index contributed by atoms with van der Waals surface area (Å²) >= 11 is 0. The number of carbonyl (C=O) groups is 2. The number of ether oxygens (including phenoxy) is 2. The first-order valence-corrected chi connectivity index (χ1v) is 12.6. The number of nitrogens with zero attached hydrogens (tertiary/aromatic N) is 2. The highest BCUT2D eigenvalue weighted by Crippen LogP contribution is 2.30. The topological polar surface area (TPSA) is 121 Å². The van der Waals surface area contributed by atoms with Gasteiger partial charge in [-0.05, 0) is 49.9 Å². The van der Waals surface area contributed by atoms with Crippen molar-refractivity contribution in [2.24, 2.45) is 5.92 Å². The quantitative estimate of drug-likeness (QED) is 0.398. The van der Waals surface area contributed by atoms with Crippen LogP contribution < -0.4 is 31.4 Å². The van der Waals surface area contributed by atoms with Crippen molar-refractivity contribution < 1.29 is 19.1 Å². The Morgan fingerprint density at radius 1 is 0.921 bits per heavy atom. The highest BCUT2D eigenvalue weighted by atomic mass is 16.5. The first-order valence-electron chi connectivity index (χ1n) is 12.6. The van der Waals surface area contributed by atoms with E-state index >= 15 is 0 Å². The third kappa shape index (κ3) is 6.62. The molecule has 0 aliphatic rings. The van der Waals surface area contributed by atoms with Crippen molar-refractivity contribution in [2.45, 2.75) is 53.2 Å². The molecule has 1 heterocycles. The highest BCUT2D eigenvalue weighted by Gasteiger charge is 2.19. The number of rotatable bonds is 11. The van der Waals surface area contributed by atoms with Crippen molar-refractivity contribution in [1.29, 1.82) is 0 Å². The Morgan fingerprint density at radius 2 is 1.55 bits per heavy atom. The zero-order valence-corrected chi connectivity index (χ0v) is 22.8. The summed E-state index contributed by atoms with van der Waals surface area (Å²) in [5, 5.41) is 5.88. The summed E-state index contributed by atoms with van der Waals surface area (Å²) in [6.45, 7) is 8.04. The fourth-order valence-electron chi connectivity index (χ4n) is 4.03. The molecule has 0 fully saturated rings. The van der Waals surface area contributed by atoms with Gasteiger partial charge < -0.3 is 20.1 Å². The van der Waals surface area contributed by atoms with E-state index in [2.05, 4.69) is 24.5 Å². The van der Waals surface area contributed by atoms with Crippen molar-refractivity contribution in [3.8, 4) is 11.5 Å². The maximum Gasteiger partial charge on any atom is 0.332 e. The van der Waals surface area contributed by atoms with E-state index in [4.69, 9.17) is 9.47 Å². The van der Waals surface area contributed by atoms with Crippen LogP contribution in [0.4, 0.5) is 0 Å². The third-order valence-corrected chi connectivity index (χ3v) is 6.05. The Balaban J connectivity index is 2.06. The van der Waals surface area contributed by atoms with Crippen LogP contribution in [0.25, 0.3) is 10.9 Å². The third-order valence-electron chi connectivity index (χ3n) is 6.05. The van der Waals surface area contributed by atoms with Gasteiger partial charge >= 0.3 is 5.69 Å². The summed E-state index contributed by atoms with van der Waals surface area (Å²) in [6, 6.07) is 9.73. The summed E-state index contributed by atoms with van der Waals surface area (Å²) < 4.78 is 13.1. The smallest absolute Gasteiger partial charge is 0.332 e. The molecule has 0 aliphatic carbocycles. The lowest BCUT2D eigenvalue weighted by Gasteiger charge is -2.17. The Labute approximate surface area is 221 Å². The summed E-state index contributed by atoms with van der Waals surface area (Å²) in [4.78, 5) is 52.1. The van der Waals surface area contributed by atoms with Gasteiger partial charge in [0.15, 0.2) is 11.5 Å². The van der Waals surface area contributed by atoms with Gasteiger partial charge in [-0.1, -0.05) is 26.0 Å². The van der Waals surface area contributed by atoms with E-state index < -0.39 is 11.2 Å². The largest absolute Gasteiger partial charge is 0.493 e. The molecule has 0 saturated carbocycles. The van der Waals surface area contributed by atoms with Gasteiger partial charge in [-0.15, -0.1) is 0 Å². The Morgan fingerprint density at radius 3 is 2.13 bits per heavy atom. The van der Waals surface area contributed by atoms with Gasteiger partial charge in [-0.2, -0.15) is 0 Å². The van der Waals surface area contributed by atoms with Crippen LogP contribution in [-0.4, -0.2) is 47.8 Å². The summed E-state index contributed by atoms with van der Waals surface area (Å²) in [7, 11) is 2.91. The minimum Gasteiger partial charge on any atom is -0.493 e. The lowest BCUT2D eigenvalue weighted by Crippen LogP contribution is -2.43. The van der Waals surface area contributed by atoms with Crippen molar-refractivity contribution >= 4 is 22.7 Å². The molecule has 38 heavy (non-hydrogen) atoms. The molecule has 0 spiro atoms. The van der Waals surface area contributed by atoms with E-state index in [-0.39, 0.29) is 41.8 Å². The molecule has 2 amide bonds. The lowest BCUT2D eigenvalue weighted by molar-refractivity contribution is -0.121. The fraction of sp³-hybridized carbons (Fsp3) is 0.429. The first kappa shape index (κ1) is 28.5. The first-order chi connectivity index (χ1) is 18.0. The van der Waals surface area contributed by atoms with Gasteiger partial charge in [-0.3, -0.25) is 23.5 Å². The van der Waals surface area contributed by atoms with Gasteiger partial charge in [0.05, 0.1) is 31.7 Å². The van der Waals surface area contributed by atoms with Crippen LogP contribution in [0.2, 0.25) is 0 Å². The maximum atomic E-state index is 13.6. The van der Waals surface area contributed by atoms with E-state index in [1.54, 1.807) is 24.3 Å². The minimum atomic E-state index is -0.629. The molecular formula is C28H36N4O6. The average Bonchev–Trinajstić information content (AvgIpc) is 2.88. The normalized spacial score (nSPS) is 11.2. The van der Waals surface area contributed by atoms with Crippen LogP contribution in [0.3, 0.4) is 0 Å². The van der Waals surface area contributed by atoms with Crippen LogP contribution in [-0.2, 0) is 17.9 Å². The van der Waals surface area contributed by atoms with Crippen molar-refractivity contribution in [1.82, 2.24) is 19.8 Å². The van der Waals surface area contributed by atoms with Crippen molar-refractivity contribution in [3.63, 3.8) is 0 Å². The van der Waals surface area contributed by atoms with Crippen molar-refractivity contribution in [3.05, 3.63) is 68.4 Å². The number of carbonyl (C=O) groups excluding carboxylic acids is 2. The number of hydrogen-bond acceptors (Lipinski definition) is 6.